The molecule has 2 bridgehead atoms. The molecule has 3 rings (SSSR count). The molecule has 1 fully saturated rings. The molecule has 0 amide bonds. The molecule has 68 valence electrons. The van der Waals surface area contributed by atoms with E-state index < -0.39 is 5.79 Å². The summed E-state index contributed by atoms with van der Waals surface area (Å²) in [6, 6.07) is 8.09. The smallest absolute Gasteiger partial charge is 0.220 e. The van der Waals surface area contributed by atoms with Crippen LogP contribution in [0.1, 0.15) is 24.3 Å². The van der Waals surface area contributed by atoms with E-state index in [2.05, 4.69) is 6.07 Å². The van der Waals surface area contributed by atoms with Gasteiger partial charge < -0.3 is 4.74 Å². The zero-order valence-corrected chi connectivity index (χ0v) is 7.32. The van der Waals surface area contributed by atoms with E-state index in [0.717, 1.165) is 12.0 Å². The van der Waals surface area contributed by atoms with Crippen molar-refractivity contribution in [3.63, 3.8) is 0 Å². The summed E-state index contributed by atoms with van der Waals surface area (Å²) in [5.74, 6) is -0.584. The molecule has 2 aliphatic rings. The zero-order chi connectivity index (χ0) is 8.89. The average Bonchev–Trinajstić information content (AvgIpc) is 2.43. The van der Waals surface area contributed by atoms with Crippen molar-refractivity contribution in [2.75, 3.05) is 0 Å². The van der Waals surface area contributed by atoms with Gasteiger partial charge >= 0.3 is 0 Å². The van der Waals surface area contributed by atoms with Gasteiger partial charge in [-0.2, -0.15) is 9.78 Å². The summed E-state index contributed by atoms with van der Waals surface area (Å²) in [6.07, 6.45) is 0.412. The van der Waals surface area contributed by atoms with Gasteiger partial charge in [0, 0.05) is 12.0 Å². The molecule has 0 saturated carbocycles. The molecular formula is C10H10O3. The highest BCUT2D eigenvalue weighted by Gasteiger charge is 2.45. The van der Waals surface area contributed by atoms with Gasteiger partial charge in [0.05, 0.1) is 0 Å². The van der Waals surface area contributed by atoms with Crippen molar-refractivity contribution in [2.24, 2.45) is 0 Å². The molecular weight excluding hydrogens is 168 g/mol. The third kappa shape index (κ3) is 1.01. The van der Waals surface area contributed by atoms with Crippen molar-refractivity contribution in [2.45, 2.75) is 25.4 Å². The Labute approximate surface area is 76.1 Å². The maximum Gasteiger partial charge on any atom is 0.220 e. The lowest BCUT2D eigenvalue weighted by Crippen LogP contribution is -2.31. The topological polar surface area (TPSA) is 27.7 Å². The first-order valence-electron chi connectivity index (χ1n) is 4.37. The highest BCUT2D eigenvalue weighted by molar-refractivity contribution is 5.31. The number of hydrogen-bond donors (Lipinski definition) is 0. The van der Waals surface area contributed by atoms with E-state index >= 15 is 0 Å². The first-order valence-corrected chi connectivity index (χ1v) is 4.37. The van der Waals surface area contributed by atoms with Gasteiger partial charge in [-0.25, -0.2) is 0 Å². The van der Waals surface area contributed by atoms with Crippen LogP contribution < -0.4 is 0 Å². The molecule has 0 aromatic heterocycles. The molecule has 0 radical (unpaired) electrons. The molecule has 3 nitrogen and oxygen atoms in total. The summed E-state index contributed by atoms with van der Waals surface area (Å²) in [6.45, 7) is 1.89. The minimum Gasteiger partial charge on any atom is -0.311 e. The standard InChI is InChI=1S/C10H10O3/c1-10-6-7-4-2-3-5-8(7)9(11-10)12-13-10/h2-5,9H,6H2,1H3. The van der Waals surface area contributed by atoms with Crippen molar-refractivity contribution < 1.29 is 14.5 Å². The Bertz CT molecular complexity index is 350. The predicted molar refractivity (Wildman–Crippen MR) is 44.5 cm³/mol. The van der Waals surface area contributed by atoms with E-state index in [-0.39, 0.29) is 6.29 Å². The monoisotopic (exact) mass is 178 g/mol. The quantitative estimate of drug-likeness (QED) is 0.568. The maximum atomic E-state index is 5.57. The first-order chi connectivity index (χ1) is 6.27. The van der Waals surface area contributed by atoms with E-state index in [1.807, 2.05) is 25.1 Å². The Hall–Kier alpha value is -0.900. The summed E-state index contributed by atoms with van der Waals surface area (Å²) in [5.41, 5.74) is 2.33. The molecule has 2 atom stereocenters. The summed E-state index contributed by atoms with van der Waals surface area (Å²) in [4.78, 5) is 10.2. The van der Waals surface area contributed by atoms with Crippen molar-refractivity contribution in [3.8, 4) is 0 Å². The molecule has 3 heteroatoms. The molecule has 13 heavy (non-hydrogen) atoms. The Balaban J connectivity index is 2.13. The van der Waals surface area contributed by atoms with Crippen LogP contribution in [0.15, 0.2) is 24.3 Å². The summed E-state index contributed by atoms with van der Waals surface area (Å²) in [7, 11) is 0. The second-order valence-corrected chi connectivity index (χ2v) is 3.64. The van der Waals surface area contributed by atoms with Crippen LogP contribution >= 0.6 is 0 Å². The predicted octanol–water partition coefficient (Wildman–Crippen LogP) is 1.94. The minimum absolute atomic E-state index is 0.338. The van der Waals surface area contributed by atoms with Crippen molar-refractivity contribution in [1.29, 1.82) is 0 Å². The number of ether oxygens (including phenoxy) is 1. The zero-order valence-electron chi connectivity index (χ0n) is 7.32. The van der Waals surface area contributed by atoms with Gasteiger partial charge in [0.25, 0.3) is 0 Å². The van der Waals surface area contributed by atoms with Gasteiger partial charge in [0.15, 0.2) is 0 Å². The van der Waals surface area contributed by atoms with Gasteiger partial charge in [0.2, 0.25) is 12.1 Å². The van der Waals surface area contributed by atoms with Gasteiger partial charge in [-0.3, -0.25) is 0 Å². The van der Waals surface area contributed by atoms with Crippen LogP contribution in [0.2, 0.25) is 0 Å². The van der Waals surface area contributed by atoms with Crippen LogP contribution in [0.3, 0.4) is 0 Å². The Morgan fingerprint density at radius 1 is 1.38 bits per heavy atom. The lowest BCUT2D eigenvalue weighted by molar-refractivity contribution is -0.323. The molecule has 1 aromatic carbocycles. The summed E-state index contributed by atoms with van der Waals surface area (Å²) >= 11 is 0. The van der Waals surface area contributed by atoms with Gasteiger partial charge in [-0.1, -0.05) is 24.3 Å². The third-order valence-electron chi connectivity index (χ3n) is 2.49. The molecule has 0 spiro atoms. The van der Waals surface area contributed by atoms with Crippen LogP contribution in [-0.4, -0.2) is 5.79 Å². The molecule has 0 aliphatic carbocycles. The summed E-state index contributed by atoms with van der Waals surface area (Å²) < 4.78 is 5.57. The molecule has 2 heterocycles. The molecule has 0 N–H and O–H groups in total. The highest BCUT2D eigenvalue weighted by Crippen LogP contribution is 2.43. The van der Waals surface area contributed by atoms with E-state index in [1.54, 1.807) is 0 Å². The Morgan fingerprint density at radius 2 is 2.23 bits per heavy atom. The fraction of sp³-hybridized carbons (Fsp3) is 0.400. The van der Waals surface area contributed by atoms with Crippen LogP contribution in [0.4, 0.5) is 0 Å². The Morgan fingerprint density at radius 3 is 3.15 bits per heavy atom. The fourth-order valence-electron chi connectivity index (χ4n) is 1.87. The van der Waals surface area contributed by atoms with E-state index in [4.69, 9.17) is 14.5 Å². The number of fused-ring (bicyclic) bond motifs is 4. The van der Waals surface area contributed by atoms with Crippen LogP contribution in [0.25, 0.3) is 0 Å². The van der Waals surface area contributed by atoms with Gasteiger partial charge in [-0.05, 0) is 12.5 Å². The fourth-order valence-corrected chi connectivity index (χ4v) is 1.87. The lowest BCUT2D eigenvalue weighted by atomic mass is 9.97. The van der Waals surface area contributed by atoms with Crippen molar-refractivity contribution >= 4 is 0 Å². The van der Waals surface area contributed by atoms with Crippen LogP contribution in [0, 0.1) is 0 Å². The van der Waals surface area contributed by atoms with E-state index in [9.17, 15) is 0 Å². The van der Waals surface area contributed by atoms with Crippen LogP contribution in [0.5, 0.6) is 0 Å². The SMILES string of the molecule is CC12Cc3ccccc3C(OO1)O2. The van der Waals surface area contributed by atoms with Gasteiger partial charge in [-0.15, -0.1) is 0 Å². The number of hydrogen-bond acceptors (Lipinski definition) is 3. The lowest BCUT2D eigenvalue weighted by Gasteiger charge is -2.25. The molecule has 2 unspecified atom stereocenters. The molecule has 2 aliphatic heterocycles. The second-order valence-electron chi connectivity index (χ2n) is 3.64. The second kappa shape index (κ2) is 2.32. The van der Waals surface area contributed by atoms with E-state index in [0.29, 0.717) is 0 Å². The minimum atomic E-state index is -0.584. The first kappa shape index (κ1) is 7.50. The van der Waals surface area contributed by atoms with Gasteiger partial charge in [0.1, 0.15) is 0 Å². The number of rotatable bonds is 0. The highest BCUT2D eigenvalue weighted by atomic mass is 17.3. The maximum absolute atomic E-state index is 5.57. The number of benzene rings is 1. The average molecular weight is 178 g/mol. The normalized spacial score (nSPS) is 35.9. The van der Waals surface area contributed by atoms with Crippen LogP contribution in [-0.2, 0) is 20.9 Å². The third-order valence-corrected chi connectivity index (χ3v) is 2.49. The Kier molecular flexibility index (Phi) is 1.34. The van der Waals surface area contributed by atoms with E-state index in [1.165, 1.54) is 5.56 Å². The van der Waals surface area contributed by atoms with Crippen molar-refractivity contribution in [1.82, 2.24) is 0 Å². The largest absolute Gasteiger partial charge is 0.311 e. The van der Waals surface area contributed by atoms with Crippen molar-refractivity contribution in [3.05, 3.63) is 35.4 Å². The summed E-state index contributed by atoms with van der Waals surface area (Å²) in [5, 5.41) is 0. The molecule has 1 aromatic rings. The molecule has 1 saturated heterocycles.